The molecule has 1 aliphatic heterocycles. The van der Waals surface area contributed by atoms with Crippen molar-refractivity contribution in [2.24, 2.45) is 0 Å². The Hall–Kier alpha value is -4.66. The zero-order valence-electron chi connectivity index (χ0n) is 17.2. The van der Waals surface area contributed by atoms with Crippen LogP contribution in [-0.4, -0.2) is 33.7 Å². The minimum Gasteiger partial charge on any atom is -0.478 e. The van der Waals surface area contributed by atoms with Crippen LogP contribution in [0.15, 0.2) is 67.0 Å². The molecule has 9 heteroatoms. The van der Waals surface area contributed by atoms with E-state index in [2.05, 4.69) is 20.6 Å². The van der Waals surface area contributed by atoms with E-state index in [9.17, 15) is 14.7 Å². The summed E-state index contributed by atoms with van der Waals surface area (Å²) in [4.78, 5) is 32.5. The molecule has 5 rings (SSSR count). The standard InChI is InChI=1S/C24H18N4O5/c29-23(15-7-8-19-20(10-15)33-13-32-19)28-16-4-1-3-14(9-16)11-25-22-17-5-2-6-18(24(30)31)21(17)26-12-27-22/h1-10,12H,11,13H2,(H,28,29)(H,30,31)(H,25,26,27). The van der Waals surface area contributed by atoms with Gasteiger partial charge in [0.15, 0.2) is 11.5 Å². The van der Waals surface area contributed by atoms with Gasteiger partial charge in [-0.1, -0.05) is 18.2 Å². The van der Waals surface area contributed by atoms with Crippen LogP contribution in [0.5, 0.6) is 11.5 Å². The van der Waals surface area contributed by atoms with Gasteiger partial charge < -0.3 is 25.2 Å². The van der Waals surface area contributed by atoms with Crippen molar-refractivity contribution >= 4 is 34.3 Å². The van der Waals surface area contributed by atoms with Gasteiger partial charge in [0.2, 0.25) is 6.79 Å². The van der Waals surface area contributed by atoms with E-state index in [1.54, 1.807) is 36.4 Å². The van der Waals surface area contributed by atoms with Crippen LogP contribution < -0.4 is 20.1 Å². The maximum Gasteiger partial charge on any atom is 0.337 e. The average Bonchev–Trinajstić information content (AvgIpc) is 3.30. The van der Waals surface area contributed by atoms with Gasteiger partial charge in [-0.25, -0.2) is 14.8 Å². The molecule has 9 nitrogen and oxygen atoms in total. The van der Waals surface area contributed by atoms with E-state index in [0.717, 1.165) is 5.56 Å². The Balaban J connectivity index is 1.31. The summed E-state index contributed by atoms with van der Waals surface area (Å²) in [7, 11) is 0. The Bertz CT molecular complexity index is 1390. The summed E-state index contributed by atoms with van der Waals surface area (Å²) >= 11 is 0. The fourth-order valence-electron chi connectivity index (χ4n) is 3.59. The van der Waals surface area contributed by atoms with Gasteiger partial charge in [0.05, 0.1) is 11.1 Å². The molecule has 2 heterocycles. The molecule has 1 aliphatic rings. The fourth-order valence-corrected chi connectivity index (χ4v) is 3.59. The molecule has 0 radical (unpaired) electrons. The first-order chi connectivity index (χ1) is 16.1. The molecular formula is C24H18N4O5. The average molecular weight is 442 g/mol. The monoisotopic (exact) mass is 442 g/mol. The Kier molecular flexibility index (Phi) is 5.19. The van der Waals surface area contributed by atoms with Gasteiger partial charge in [-0.05, 0) is 48.0 Å². The van der Waals surface area contributed by atoms with Crippen LogP contribution in [0.2, 0.25) is 0 Å². The number of nitrogens with zero attached hydrogens (tertiary/aromatic N) is 2. The maximum absolute atomic E-state index is 12.6. The van der Waals surface area contributed by atoms with Crippen molar-refractivity contribution in [1.82, 2.24) is 9.97 Å². The minimum absolute atomic E-state index is 0.117. The second kappa shape index (κ2) is 8.46. The number of amides is 1. The maximum atomic E-state index is 12.6. The van der Waals surface area contributed by atoms with Crippen LogP contribution in [0.4, 0.5) is 11.5 Å². The summed E-state index contributed by atoms with van der Waals surface area (Å²) in [5.41, 5.74) is 2.49. The van der Waals surface area contributed by atoms with Gasteiger partial charge in [-0.2, -0.15) is 0 Å². The van der Waals surface area contributed by atoms with Gasteiger partial charge in [0.25, 0.3) is 5.91 Å². The van der Waals surface area contributed by atoms with E-state index in [1.165, 1.54) is 12.4 Å². The van der Waals surface area contributed by atoms with E-state index in [-0.39, 0.29) is 18.3 Å². The molecule has 0 saturated heterocycles. The van der Waals surface area contributed by atoms with Gasteiger partial charge in [-0.3, -0.25) is 4.79 Å². The van der Waals surface area contributed by atoms with Crippen LogP contribution >= 0.6 is 0 Å². The van der Waals surface area contributed by atoms with Crippen molar-refractivity contribution in [2.75, 3.05) is 17.4 Å². The number of hydrogen-bond donors (Lipinski definition) is 3. The summed E-state index contributed by atoms with van der Waals surface area (Å²) in [6.07, 6.45) is 1.33. The van der Waals surface area contributed by atoms with Gasteiger partial charge in [-0.15, -0.1) is 0 Å². The number of anilines is 2. The lowest BCUT2D eigenvalue weighted by atomic mass is 10.1. The topological polar surface area (TPSA) is 123 Å². The second-order valence-corrected chi connectivity index (χ2v) is 7.31. The number of ether oxygens (including phenoxy) is 2. The number of aromatic carboxylic acids is 1. The highest BCUT2D eigenvalue weighted by Gasteiger charge is 2.16. The van der Waals surface area contributed by atoms with E-state index >= 15 is 0 Å². The number of hydrogen-bond acceptors (Lipinski definition) is 7. The quantitative estimate of drug-likeness (QED) is 0.411. The molecule has 0 atom stereocenters. The molecule has 3 N–H and O–H groups in total. The highest BCUT2D eigenvalue weighted by atomic mass is 16.7. The summed E-state index contributed by atoms with van der Waals surface area (Å²) < 4.78 is 10.6. The van der Waals surface area contributed by atoms with Crippen molar-refractivity contribution in [1.29, 1.82) is 0 Å². The summed E-state index contributed by atoms with van der Waals surface area (Å²) in [5.74, 6) is 0.381. The smallest absolute Gasteiger partial charge is 0.337 e. The lowest BCUT2D eigenvalue weighted by Gasteiger charge is -2.11. The number of aromatic nitrogens is 2. The first kappa shape index (κ1) is 20.3. The SMILES string of the molecule is O=C(Nc1cccc(CNc2ncnc3c(C(=O)O)cccc23)c1)c1ccc2c(c1)OCO2. The molecule has 0 fully saturated rings. The molecule has 0 bridgehead atoms. The van der Waals surface area contributed by atoms with Gasteiger partial charge in [0, 0.05) is 23.2 Å². The Morgan fingerprint density at radius 1 is 0.970 bits per heavy atom. The number of carbonyl (C=O) groups is 2. The number of fused-ring (bicyclic) bond motifs is 2. The summed E-state index contributed by atoms with van der Waals surface area (Å²) in [6.45, 7) is 0.561. The van der Waals surface area contributed by atoms with Gasteiger partial charge >= 0.3 is 5.97 Å². The van der Waals surface area contributed by atoms with Gasteiger partial charge in [0.1, 0.15) is 12.1 Å². The highest BCUT2D eigenvalue weighted by Crippen LogP contribution is 2.32. The Morgan fingerprint density at radius 3 is 2.70 bits per heavy atom. The van der Waals surface area contributed by atoms with E-state index < -0.39 is 5.97 Å². The highest BCUT2D eigenvalue weighted by molar-refractivity contribution is 6.05. The second-order valence-electron chi connectivity index (χ2n) is 7.31. The van der Waals surface area contributed by atoms with Crippen LogP contribution in [0.1, 0.15) is 26.3 Å². The third kappa shape index (κ3) is 4.11. The number of nitrogens with one attached hydrogen (secondary N) is 2. The zero-order valence-corrected chi connectivity index (χ0v) is 17.2. The van der Waals surface area contributed by atoms with Crippen molar-refractivity contribution in [3.05, 3.63) is 83.7 Å². The molecule has 0 spiro atoms. The largest absolute Gasteiger partial charge is 0.478 e. The van der Waals surface area contributed by atoms with Crippen molar-refractivity contribution < 1.29 is 24.2 Å². The first-order valence-corrected chi connectivity index (χ1v) is 10.1. The Labute approximate surface area is 188 Å². The number of para-hydroxylation sites is 1. The number of benzene rings is 3. The molecule has 33 heavy (non-hydrogen) atoms. The fraction of sp³-hybridized carbons (Fsp3) is 0.0833. The molecule has 3 aromatic carbocycles. The van der Waals surface area contributed by atoms with E-state index in [4.69, 9.17) is 9.47 Å². The number of carbonyl (C=O) groups excluding carboxylic acids is 1. The molecule has 1 amide bonds. The lowest BCUT2D eigenvalue weighted by Crippen LogP contribution is -2.12. The van der Waals surface area contributed by atoms with Crippen LogP contribution in [0.25, 0.3) is 10.9 Å². The van der Waals surface area contributed by atoms with E-state index in [1.807, 2.05) is 18.2 Å². The lowest BCUT2D eigenvalue weighted by molar-refractivity contribution is 0.0698. The third-order valence-corrected chi connectivity index (χ3v) is 5.17. The van der Waals surface area contributed by atoms with Crippen molar-refractivity contribution in [3.8, 4) is 11.5 Å². The van der Waals surface area contributed by atoms with Crippen molar-refractivity contribution in [2.45, 2.75) is 6.54 Å². The molecule has 1 aromatic heterocycles. The molecule has 0 aliphatic carbocycles. The summed E-state index contributed by atoms with van der Waals surface area (Å²) in [6, 6.07) is 17.4. The van der Waals surface area contributed by atoms with Crippen LogP contribution in [0, 0.1) is 0 Å². The number of carboxylic acids is 1. The molecule has 0 unspecified atom stereocenters. The number of rotatable bonds is 6. The predicted molar refractivity (Wildman–Crippen MR) is 121 cm³/mol. The summed E-state index contributed by atoms with van der Waals surface area (Å²) in [5, 5.41) is 16.1. The molecule has 4 aromatic rings. The number of carboxylic acid groups (broad SMARTS) is 1. The Morgan fingerprint density at radius 2 is 1.82 bits per heavy atom. The zero-order chi connectivity index (χ0) is 22.8. The molecule has 0 saturated carbocycles. The van der Waals surface area contributed by atoms with Crippen LogP contribution in [0.3, 0.4) is 0 Å². The first-order valence-electron chi connectivity index (χ1n) is 10.1. The van der Waals surface area contributed by atoms with Crippen LogP contribution in [-0.2, 0) is 6.54 Å². The van der Waals surface area contributed by atoms with Crippen molar-refractivity contribution in [3.63, 3.8) is 0 Å². The van der Waals surface area contributed by atoms with E-state index in [0.29, 0.717) is 46.0 Å². The molecular weight excluding hydrogens is 424 g/mol. The normalized spacial score (nSPS) is 11.9. The predicted octanol–water partition coefficient (Wildman–Crippen LogP) is 3.92. The molecule has 164 valence electrons. The third-order valence-electron chi connectivity index (χ3n) is 5.17. The minimum atomic E-state index is -1.05.